The highest BCUT2D eigenvalue weighted by Crippen LogP contribution is 2.14. The molecule has 0 aliphatic carbocycles. The number of nitrogens with one attached hydrogen (secondary N) is 1. The second-order valence-electron chi connectivity index (χ2n) is 3.15. The molecule has 76 valence electrons. The zero-order valence-electron chi connectivity index (χ0n) is 7.87. The molecule has 2 rings (SSSR count). The Morgan fingerprint density at radius 3 is 2.80 bits per heavy atom. The van der Waals surface area contributed by atoms with Gasteiger partial charge in [0, 0.05) is 12.3 Å². The van der Waals surface area contributed by atoms with Gasteiger partial charge in [0.25, 0.3) is 5.56 Å². The normalized spacial score (nSPS) is 10.5. The van der Waals surface area contributed by atoms with E-state index in [9.17, 15) is 14.0 Å². The minimum absolute atomic E-state index is 0.134. The van der Waals surface area contributed by atoms with E-state index in [1.807, 2.05) is 0 Å². The molecule has 5 heteroatoms. The molecular formula is C10H7FN2O2. The van der Waals surface area contributed by atoms with Crippen molar-refractivity contribution in [2.24, 2.45) is 0 Å². The van der Waals surface area contributed by atoms with E-state index in [1.54, 1.807) is 0 Å². The number of carbonyl (C=O) groups excluding carboxylic acids is 1. The van der Waals surface area contributed by atoms with Gasteiger partial charge >= 0.3 is 0 Å². The number of ketones is 1. The Balaban J connectivity index is 2.95. The first-order valence-electron chi connectivity index (χ1n) is 4.28. The van der Waals surface area contributed by atoms with E-state index < -0.39 is 11.4 Å². The SMILES string of the molecule is CC(=O)c1n[nH]c(=O)c2cc(F)ccc12. The fourth-order valence-electron chi connectivity index (χ4n) is 1.41. The minimum Gasteiger partial charge on any atom is -0.293 e. The Morgan fingerprint density at radius 1 is 1.40 bits per heavy atom. The molecule has 0 fully saturated rings. The summed E-state index contributed by atoms with van der Waals surface area (Å²) in [6.07, 6.45) is 0. The third kappa shape index (κ3) is 1.52. The summed E-state index contributed by atoms with van der Waals surface area (Å²) in [5, 5.41) is 6.29. The van der Waals surface area contributed by atoms with Gasteiger partial charge in [-0.1, -0.05) is 0 Å². The molecule has 1 aromatic carbocycles. The maximum atomic E-state index is 12.9. The minimum atomic E-state index is -0.520. The van der Waals surface area contributed by atoms with Crippen LogP contribution in [0.25, 0.3) is 10.8 Å². The van der Waals surface area contributed by atoms with Gasteiger partial charge in [-0.2, -0.15) is 5.10 Å². The van der Waals surface area contributed by atoms with Crippen molar-refractivity contribution >= 4 is 16.6 Å². The fourth-order valence-corrected chi connectivity index (χ4v) is 1.41. The molecule has 1 aromatic heterocycles. The zero-order chi connectivity index (χ0) is 11.0. The number of aromatic nitrogens is 2. The molecule has 0 saturated heterocycles. The predicted octanol–water partition coefficient (Wildman–Crippen LogP) is 1.26. The lowest BCUT2D eigenvalue weighted by Crippen LogP contribution is -2.13. The van der Waals surface area contributed by atoms with E-state index in [4.69, 9.17) is 0 Å². The van der Waals surface area contributed by atoms with Crippen molar-refractivity contribution in [2.75, 3.05) is 0 Å². The smallest absolute Gasteiger partial charge is 0.272 e. The maximum Gasteiger partial charge on any atom is 0.272 e. The first-order valence-corrected chi connectivity index (χ1v) is 4.28. The van der Waals surface area contributed by atoms with Crippen LogP contribution in [-0.2, 0) is 0 Å². The van der Waals surface area contributed by atoms with Crippen LogP contribution < -0.4 is 5.56 Å². The van der Waals surface area contributed by atoms with E-state index in [1.165, 1.54) is 19.1 Å². The summed E-state index contributed by atoms with van der Waals surface area (Å²) in [5.74, 6) is -0.795. The monoisotopic (exact) mass is 206 g/mol. The summed E-state index contributed by atoms with van der Waals surface area (Å²) in [6.45, 7) is 1.34. The van der Waals surface area contributed by atoms with Crippen LogP contribution in [0.3, 0.4) is 0 Å². The molecule has 1 N–H and O–H groups in total. The van der Waals surface area contributed by atoms with Crippen molar-refractivity contribution in [3.05, 3.63) is 40.1 Å². The molecule has 0 spiro atoms. The number of nitrogens with zero attached hydrogens (tertiary/aromatic N) is 1. The Morgan fingerprint density at radius 2 is 2.13 bits per heavy atom. The summed E-state index contributed by atoms with van der Waals surface area (Å²) in [7, 11) is 0. The van der Waals surface area contributed by atoms with Crippen molar-refractivity contribution in [3.8, 4) is 0 Å². The van der Waals surface area contributed by atoms with Gasteiger partial charge in [-0.3, -0.25) is 9.59 Å². The summed E-state index contributed by atoms with van der Waals surface area (Å²) in [5.41, 5.74) is -0.362. The van der Waals surface area contributed by atoms with Gasteiger partial charge in [0.15, 0.2) is 5.78 Å². The molecule has 1 heterocycles. The van der Waals surface area contributed by atoms with Gasteiger partial charge in [-0.05, 0) is 18.2 Å². The Bertz CT molecular complexity index is 604. The molecule has 0 amide bonds. The lowest BCUT2D eigenvalue weighted by Gasteiger charge is -2.00. The first kappa shape index (κ1) is 9.51. The molecule has 2 aromatic rings. The molecule has 0 saturated carbocycles. The number of hydrogen-bond acceptors (Lipinski definition) is 3. The van der Waals surface area contributed by atoms with Crippen LogP contribution in [0.15, 0.2) is 23.0 Å². The zero-order valence-corrected chi connectivity index (χ0v) is 7.87. The van der Waals surface area contributed by atoms with Crippen LogP contribution in [0.2, 0.25) is 0 Å². The van der Waals surface area contributed by atoms with Crippen LogP contribution in [0.1, 0.15) is 17.4 Å². The van der Waals surface area contributed by atoms with Crippen molar-refractivity contribution in [1.82, 2.24) is 10.2 Å². The third-order valence-electron chi connectivity index (χ3n) is 2.08. The average Bonchev–Trinajstić information content (AvgIpc) is 2.19. The number of rotatable bonds is 1. The number of aromatic amines is 1. The topological polar surface area (TPSA) is 62.8 Å². The van der Waals surface area contributed by atoms with E-state index in [0.29, 0.717) is 5.39 Å². The van der Waals surface area contributed by atoms with Gasteiger partial charge in [0.2, 0.25) is 0 Å². The van der Waals surface area contributed by atoms with Crippen molar-refractivity contribution in [2.45, 2.75) is 6.92 Å². The van der Waals surface area contributed by atoms with E-state index in [0.717, 1.165) is 6.07 Å². The molecule has 4 nitrogen and oxygen atoms in total. The van der Waals surface area contributed by atoms with Gasteiger partial charge in [0.1, 0.15) is 11.5 Å². The van der Waals surface area contributed by atoms with Crippen molar-refractivity contribution < 1.29 is 9.18 Å². The molecule has 0 aliphatic heterocycles. The first-order chi connectivity index (χ1) is 7.09. The van der Waals surface area contributed by atoms with Gasteiger partial charge in [-0.25, -0.2) is 9.49 Å². The van der Waals surface area contributed by atoms with Gasteiger partial charge < -0.3 is 0 Å². The van der Waals surface area contributed by atoms with Gasteiger partial charge in [0.05, 0.1) is 5.39 Å². The van der Waals surface area contributed by atoms with Crippen molar-refractivity contribution in [3.63, 3.8) is 0 Å². The van der Waals surface area contributed by atoms with E-state index in [-0.39, 0.29) is 16.9 Å². The number of hydrogen-bond donors (Lipinski definition) is 1. The molecule has 0 aliphatic rings. The molecule has 15 heavy (non-hydrogen) atoms. The van der Waals surface area contributed by atoms with Crippen molar-refractivity contribution in [1.29, 1.82) is 0 Å². The van der Waals surface area contributed by atoms with Crippen LogP contribution in [-0.4, -0.2) is 16.0 Å². The second-order valence-corrected chi connectivity index (χ2v) is 3.15. The second kappa shape index (κ2) is 3.27. The summed E-state index contributed by atoms with van der Waals surface area (Å²) >= 11 is 0. The Labute approximate surface area is 83.7 Å². The number of Topliss-reactive ketones (excluding diaryl/α,β-unsaturated/α-hetero) is 1. The fraction of sp³-hybridized carbons (Fsp3) is 0.100. The lowest BCUT2D eigenvalue weighted by molar-refractivity contribution is 0.101. The number of H-pyrrole nitrogens is 1. The quantitative estimate of drug-likeness (QED) is 0.714. The number of fused-ring (bicyclic) bond motifs is 1. The lowest BCUT2D eigenvalue weighted by atomic mass is 10.1. The average molecular weight is 206 g/mol. The maximum absolute atomic E-state index is 12.9. The molecule has 0 atom stereocenters. The Kier molecular flexibility index (Phi) is 2.07. The summed E-state index contributed by atoms with van der Waals surface area (Å²) in [6, 6.07) is 3.65. The number of carbonyl (C=O) groups is 1. The third-order valence-corrected chi connectivity index (χ3v) is 2.08. The predicted molar refractivity (Wildman–Crippen MR) is 52.3 cm³/mol. The molecule has 0 radical (unpaired) electrons. The van der Waals surface area contributed by atoms with Crippen LogP contribution in [0.4, 0.5) is 4.39 Å². The standard InChI is InChI=1S/C10H7FN2O2/c1-5(14)9-7-3-2-6(11)4-8(7)10(15)13-12-9/h2-4H,1H3,(H,13,15). The molecule has 0 unspecified atom stereocenters. The highest BCUT2D eigenvalue weighted by Gasteiger charge is 2.10. The highest BCUT2D eigenvalue weighted by atomic mass is 19.1. The van der Waals surface area contributed by atoms with E-state index in [2.05, 4.69) is 10.2 Å². The molecule has 0 bridgehead atoms. The Hall–Kier alpha value is -2.04. The van der Waals surface area contributed by atoms with Gasteiger partial charge in [-0.15, -0.1) is 0 Å². The van der Waals surface area contributed by atoms with E-state index >= 15 is 0 Å². The summed E-state index contributed by atoms with van der Waals surface area (Å²) < 4.78 is 12.9. The molecular weight excluding hydrogens is 199 g/mol. The highest BCUT2D eigenvalue weighted by molar-refractivity contribution is 6.04. The van der Waals surface area contributed by atoms with Crippen LogP contribution in [0.5, 0.6) is 0 Å². The van der Waals surface area contributed by atoms with Crippen LogP contribution in [0, 0.1) is 5.82 Å². The largest absolute Gasteiger partial charge is 0.293 e. The summed E-state index contributed by atoms with van der Waals surface area (Å²) in [4.78, 5) is 22.5. The number of benzene rings is 1. The van der Waals surface area contributed by atoms with Crippen LogP contribution >= 0.6 is 0 Å². The number of halogens is 1.